The minimum Gasteiger partial charge on any atom is -0.396 e. The number of aliphatic hydroxyl groups is 1. The van der Waals surface area contributed by atoms with Crippen molar-refractivity contribution in [2.75, 3.05) is 6.61 Å². The van der Waals surface area contributed by atoms with Crippen LogP contribution < -0.4 is 5.32 Å². The molecule has 0 aliphatic carbocycles. The van der Waals surface area contributed by atoms with Gasteiger partial charge < -0.3 is 10.4 Å². The van der Waals surface area contributed by atoms with E-state index in [4.69, 9.17) is 5.11 Å². The number of halogens is 1. The molecule has 2 N–H and O–H groups in total. The summed E-state index contributed by atoms with van der Waals surface area (Å²) in [6, 6.07) is 6.16. The van der Waals surface area contributed by atoms with Crippen LogP contribution in [0.3, 0.4) is 0 Å². The Balaban J connectivity index is 1.97. The lowest BCUT2D eigenvalue weighted by molar-refractivity contribution is 0.0938. The molecule has 21 heavy (non-hydrogen) atoms. The van der Waals surface area contributed by atoms with Crippen LogP contribution in [-0.2, 0) is 6.42 Å². The number of carbonyl (C=O) groups excluding carboxylic acids is 1. The number of carbonyl (C=O) groups is 1. The third-order valence-corrected chi connectivity index (χ3v) is 3.98. The predicted molar refractivity (Wildman–Crippen MR) is 80.0 cm³/mol. The van der Waals surface area contributed by atoms with Crippen molar-refractivity contribution < 1.29 is 14.3 Å². The number of hydrogen-bond donors (Lipinski definition) is 2. The van der Waals surface area contributed by atoms with Crippen molar-refractivity contribution in [3.05, 3.63) is 51.7 Å². The molecule has 1 amide bonds. The van der Waals surface area contributed by atoms with E-state index in [0.29, 0.717) is 17.7 Å². The van der Waals surface area contributed by atoms with Crippen LogP contribution in [0.1, 0.15) is 33.6 Å². The summed E-state index contributed by atoms with van der Waals surface area (Å²) in [7, 11) is 0. The summed E-state index contributed by atoms with van der Waals surface area (Å²) < 4.78 is 12.8. The van der Waals surface area contributed by atoms with Crippen LogP contribution in [0.4, 0.5) is 4.39 Å². The van der Waals surface area contributed by atoms with Crippen molar-refractivity contribution in [1.29, 1.82) is 0 Å². The van der Waals surface area contributed by atoms with E-state index >= 15 is 0 Å². The maximum atomic E-state index is 12.8. The zero-order chi connectivity index (χ0) is 15.2. The van der Waals surface area contributed by atoms with Gasteiger partial charge >= 0.3 is 0 Å². The molecule has 1 heterocycles. The monoisotopic (exact) mass is 308 g/mol. The van der Waals surface area contributed by atoms with Gasteiger partial charge in [-0.3, -0.25) is 4.79 Å². The molecule has 1 aromatic carbocycles. The number of rotatable bonds is 6. The summed E-state index contributed by atoms with van der Waals surface area (Å²) in [5.74, 6) is -0.449. The lowest BCUT2D eigenvalue weighted by atomic mass is 10.2. The van der Waals surface area contributed by atoms with Crippen molar-refractivity contribution in [2.45, 2.75) is 25.8 Å². The topological polar surface area (TPSA) is 62.2 Å². The standard InChI is InChI=1S/C15H17FN2O2S/c1-10(6-7-19)18-15(20)13-9-17-14(21-13)8-11-2-4-12(16)5-3-11/h2-5,9-10,19H,6-8H2,1H3,(H,18,20). The molecule has 4 nitrogen and oxygen atoms in total. The predicted octanol–water partition coefficient (Wildman–Crippen LogP) is 2.37. The molecule has 2 rings (SSSR count). The highest BCUT2D eigenvalue weighted by molar-refractivity contribution is 7.13. The first-order valence-corrected chi connectivity index (χ1v) is 7.51. The van der Waals surface area contributed by atoms with E-state index in [2.05, 4.69) is 10.3 Å². The fourth-order valence-electron chi connectivity index (χ4n) is 1.83. The molecule has 0 spiro atoms. The first-order chi connectivity index (χ1) is 10.1. The van der Waals surface area contributed by atoms with Crippen LogP contribution >= 0.6 is 11.3 Å². The Hall–Kier alpha value is -1.79. The Morgan fingerprint density at radius 1 is 1.43 bits per heavy atom. The van der Waals surface area contributed by atoms with Gasteiger partial charge in [-0.2, -0.15) is 0 Å². The molecule has 0 saturated heterocycles. The number of nitrogens with zero attached hydrogens (tertiary/aromatic N) is 1. The van der Waals surface area contributed by atoms with Gasteiger partial charge in [-0.25, -0.2) is 9.37 Å². The summed E-state index contributed by atoms with van der Waals surface area (Å²) in [6.45, 7) is 1.88. The molecule has 1 atom stereocenters. The lowest BCUT2D eigenvalue weighted by Crippen LogP contribution is -2.32. The van der Waals surface area contributed by atoms with E-state index in [1.807, 2.05) is 6.92 Å². The third kappa shape index (κ3) is 4.61. The van der Waals surface area contributed by atoms with E-state index in [9.17, 15) is 9.18 Å². The molecule has 1 aromatic heterocycles. The highest BCUT2D eigenvalue weighted by Gasteiger charge is 2.13. The number of thiazole rings is 1. The van der Waals surface area contributed by atoms with Crippen LogP contribution in [0.25, 0.3) is 0 Å². The normalized spacial score (nSPS) is 12.1. The van der Waals surface area contributed by atoms with Gasteiger partial charge in [0.1, 0.15) is 10.7 Å². The molecule has 1 unspecified atom stereocenters. The second kappa shape index (κ2) is 7.28. The Kier molecular flexibility index (Phi) is 5.41. The zero-order valence-corrected chi connectivity index (χ0v) is 12.5. The second-order valence-electron chi connectivity index (χ2n) is 4.81. The fraction of sp³-hybridized carbons (Fsp3) is 0.333. The van der Waals surface area contributed by atoms with Crippen molar-refractivity contribution >= 4 is 17.2 Å². The van der Waals surface area contributed by atoms with E-state index in [1.165, 1.54) is 23.5 Å². The van der Waals surface area contributed by atoms with Crippen LogP contribution in [0, 0.1) is 5.82 Å². The first-order valence-electron chi connectivity index (χ1n) is 6.69. The van der Waals surface area contributed by atoms with E-state index < -0.39 is 0 Å². The Labute approximate surface area is 126 Å². The molecule has 0 fully saturated rings. The van der Waals surface area contributed by atoms with Gasteiger partial charge in [0, 0.05) is 19.1 Å². The second-order valence-corrected chi connectivity index (χ2v) is 5.92. The van der Waals surface area contributed by atoms with Crippen LogP contribution in [0.5, 0.6) is 0 Å². The highest BCUT2D eigenvalue weighted by atomic mass is 32.1. The number of benzene rings is 1. The Bertz CT molecular complexity index is 598. The number of aromatic nitrogens is 1. The quantitative estimate of drug-likeness (QED) is 0.861. The number of nitrogens with one attached hydrogen (secondary N) is 1. The van der Waals surface area contributed by atoms with Gasteiger partial charge in [-0.15, -0.1) is 11.3 Å². The molecule has 0 bridgehead atoms. The molecular formula is C15H17FN2O2S. The van der Waals surface area contributed by atoms with Crippen molar-refractivity contribution in [3.63, 3.8) is 0 Å². The van der Waals surface area contributed by atoms with Crippen molar-refractivity contribution in [1.82, 2.24) is 10.3 Å². The van der Waals surface area contributed by atoms with Gasteiger partial charge in [0.15, 0.2) is 0 Å². The summed E-state index contributed by atoms with van der Waals surface area (Å²) in [5.41, 5.74) is 0.950. The lowest BCUT2D eigenvalue weighted by Gasteiger charge is -2.10. The minimum absolute atomic E-state index is 0.0416. The molecule has 0 aliphatic heterocycles. The van der Waals surface area contributed by atoms with E-state index in [1.54, 1.807) is 18.3 Å². The summed E-state index contributed by atoms with van der Waals surface area (Å²) in [5, 5.41) is 12.4. The molecular weight excluding hydrogens is 291 g/mol. The van der Waals surface area contributed by atoms with E-state index in [0.717, 1.165) is 10.6 Å². The summed E-state index contributed by atoms with van der Waals surface area (Å²) >= 11 is 1.32. The fourth-order valence-corrected chi connectivity index (χ4v) is 2.69. The van der Waals surface area contributed by atoms with Crippen molar-refractivity contribution in [2.24, 2.45) is 0 Å². The van der Waals surface area contributed by atoms with Crippen LogP contribution in [-0.4, -0.2) is 28.6 Å². The van der Waals surface area contributed by atoms with Crippen molar-refractivity contribution in [3.8, 4) is 0 Å². The third-order valence-electron chi connectivity index (χ3n) is 2.99. The van der Waals surface area contributed by atoms with Gasteiger partial charge in [-0.1, -0.05) is 12.1 Å². The van der Waals surface area contributed by atoms with Gasteiger partial charge in [-0.05, 0) is 31.0 Å². The van der Waals surface area contributed by atoms with Gasteiger partial charge in [0.05, 0.1) is 11.2 Å². The molecule has 112 valence electrons. The SMILES string of the molecule is CC(CCO)NC(=O)c1cnc(Cc2ccc(F)cc2)s1. The molecule has 2 aromatic rings. The Morgan fingerprint density at radius 2 is 2.14 bits per heavy atom. The van der Waals surface area contributed by atoms with E-state index in [-0.39, 0.29) is 24.4 Å². The Morgan fingerprint density at radius 3 is 2.81 bits per heavy atom. The van der Waals surface area contributed by atoms with Crippen LogP contribution in [0.15, 0.2) is 30.5 Å². The number of aliphatic hydroxyl groups excluding tert-OH is 1. The largest absolute Gasteiger partial charge is 0.396 e. The average molecular weight is 308 g/mol. The zero-order valence-electron chi connectivity index (χ0n) is 11.7. The molecule has 6 heteroatoms. The minimum atomic E-state index is -0.268. The highest BCUT2D eigenvalue weighted by Crippen LogP contribution is 2.17. The van der Waals surface area contributed by atoms with Crippen LogP contribution in [0.2, 0.25) is 0 Å². The number of amides is 1. The smallest absolute Gasteiger partial charge is 0.263 e. The number of hydrogen-bond acceptors (Lipinski definition) is 4. The molecule has 0 saturated carbocycles. The van der Waals surface area contributed by atoms with Gasteiger partial charge in [0.25, 0.3) is 5.91 Å². The molecule has 0 aliphatic rings. The summed E-state index contributed by atoms with van der Waals surface area (Å²) in [4.78, 5) is 16.7. The molecule has 0 radical (unpaired) electrons. The first kappa shape index (κ1) is 15.6. The summed E-state index contributed by atoms with van der Waals surface area (Å²) in [6.07, 6.45) is 2.64. The van der Waals surface area contributed by atoms with Gasteiger partial charge in [0.2, 0.25) is 0 Å². The maximum Gasteiger partial charge on any atom is 0.263 e. The maximum absolute atomic E-state index is 12.8. The average Bonchev–Trinajstić information content (AvgIpc) is 2.90.